The smallest absolute Gasteiger partial charge is 0.338 e. The summed E-state index contributed by atoms with van der Waals surface area (Å²) in [5.74, 6) is -0.629. The number of hydrogen-bond donors (Lipinski definition) is 0. The summed E-state index contributed by atoms with van der Waals surface area (Å²) < 4.78 is 5.09. The van der Waals surface area contributed by atoms with Crippen LogP contribution in [-0.2, 0) is 11.3 Å². The Bertz CT molecular complexity index is 750. The highest BCUT2D eigenvalue weighted by Crippen LogP contribution is 2.21. The first-order valence-corrected chi connectivity index (χ1v) is 6.87. The van der Waals surface area contributed by atoms with Gasteiger partial charge in [0.05, 0.1) is 21.2 Å². The maximum atomic E-state index is 12.0. The van der Waals surface area contributed by atoms with Crippen molar-refractivity contribution in [2.75, 3.05) is 0 Å². The molecule has 0 radical (unpaired) electrons. The highest BCUT2D eigenvalue weighted by atomic mass is 35.5. The molecule has 0 N–H and O–H groups in total. The Labute approximate surface area is 135 Å². The van der Waals surface area contributed by atoms with Crippen molar-refractivity contribution in [2.24, 2.45) is 0 Å². The number of esters is 1. The molecule has 0 spiro atoms. The molecule has 1 aromatic heterocycles. The van der Waals surface area contributed by atoms with Crippen molar-refractivity contribution in [3.63, 3.8) is 0 Å². The number of nitro groups is 1. The fourth-order valence-corrected chi connectivity index (χ4v) is 2.09. The van der Waals surface area contributed by atoms with Gasteiger partial charge in [0, 0.05) is 11.6 Å². The van der Waals surface area contributed by atoms with E-state index in [2.05, 4.69) is 4.98 Å². The zero-order valence-corrected chi connectivity index (χ0v) is 12.9. The van der Waals surface area contributed by atoms with Crippen LogP contribution >= 0.6 is 23.2 Å². The maximum absolute atomic E-state index is 12.0. The number of hydrogen-bond acceptors (Lipinski definition) is 5. The first-order valence-electron chi connectivity index (χ1n) is 6.11. The Morgan fingerprint density at radius 1 is 1.32 bits per heavy atom. The summed E-state index contributed by atoms with van der Waals surface area (Å²) >= 11 is 11.7. The second-order valence-electron chi connectivity index (χ2n) is 4.40. The highest BCUT2D eigenvalue weighted by Gasteiger charge is 2.15. The Morgan fingerprint density at radius 2 is 2.05 bits per heavy atom. The van der Waals surface area contributed by atoms with Gasteiger partial charge in [-0.05, 0) is 31.2 Å². The monoisotopic (exact) mass is 340 g/mol. The molecule has 114 valence electrons. The number of carbonyl (C=O) groups excluding carboxylic acids is 1. The summed E-state index contributed by atoms with van der Waals surface area (Å²) in [6, 6.07) is 7.06. The minimum atomic E-state index is -0.629. The fraction of sp³-hybridized carbons (Fsp3) is 0.143. The van der Waals surface area contributed by atoms with Gasteiger partial charge in [-0.2, -0.15) is 0 Å². The van der Waals surface area contributed by atoms with Crippen LogP contribution in [0, 0.1) is 17.0 Å². The zero-order chi connectivity index (χ0) is 16.3. The number of nitro benzene ring substituents is 1. The topological polar surface area (TPSA) is 82.3 Å². The molecule has 2 aromatic rings. The average Bonchev–Trinajstić information content (AvgIpc) is 2.47. The molecule has 8 heteroatoms. The third kappa shape index (κ3) is 3.72. The van der Waals surface area contributed by atoms with Crippen molar-refractivity contribution < 1.29 is 14.5 Å². The summed E-state index contributed by atoms with van der Waals surface area (Å²) in [7, 11) is 0. The summed E-state index contributed by atoms with van der Waals surface area (Å²) in [5, 5.41) is 11.3. The van der Waals surface area contributed by atoms with Crippen LogP contribution < -0.4 is 0 Å². The molecular formula is C14H10Cl2N2O4. The van der Waals surface area contributed by atoms with Gasteiger partial charge in [-0.1, -0.05) is 23.2 Å². The number of nitrogens with zero attached hydrogens (tertiary/aromatic N) is 2. The van der Waals surface area contributed by atoms with Gasteiger partial charge in [0.1, 0.15) is 11.8 Å². The molecule has 0 bridgehead atoms. The van der Waals surface area contributed by atoms with Gasteiger partial charge in [0.2, 0.25) is 0 Å². The van der Waals surface area contributed by atoms with E-state index in [0.717, 1.165) is 0 Å². The van der Waals surface area contributed by atoms with Gasteiger partial charge >= 0.3 is 5.97 Å². The lowest BCUT2D eigenvalue weighted by Gasteiger charge is -2.07. The minimum Gasteiger partial charge on any atom is -0.456 e. The molecule has 0 aliphatic carbocycles. The molecule has 0 aliphatic heterocycles. The first-order chi connectivity index (χ1) is 10.4. The van der Waals surface area contributed by atoms with Crippen molar-refractivity contribution in [1.29, 1.82) is 0 Å². The van der Waals surface area contributed by atoms with Crippen LogP contribution in [0.4, 0.5) is 5.69 Å². The van der Waals surface area contributed by atoms with E-state index in [1.54, 1.807) is 13.0 Å². The lowest BCUT2D eigenvalue weighted by Crippen LogP contribution is -2.07. The third-order valence-corrected chi connectivity index (χ3v) is 3.41. The van der Waals surface area contributed by atoms with E-state index in [1.165, 1.54) is 24.3 Å². The van der Waals surface area contributed by atoms with Crippen LogP contribution in [0.25, 0.3) is 0 Å². The fourth-order valence-electron chi connectivity index (χ4n) is 1.76. The minimum absolute atomic E-state index is 0.0592. The van der Waals surface area contributed by atoms with Crippen molar-refractivity contribution in [2.45, 2.75) is 13.5 Å². The molecule has 1 heterocycles. The number of carbonyl (C=O) groups is 1. The van der Waals surface area contributed by atoms with E-state index in [-0.39, 0.29) is 23.0 Å². The van der Waals surface area contributed by atoms with Crippen molar-refractivity contribution in [1.82, 2.24) is 4.98 Å². The second-order valence-corrected chi connectivity index (χ2v) is 5.19. The Kier molecular flexibility index (Phi) is 4.95. The number of halogens is 2. The lowest BCUT2D eigenvalue weighted by molar-refractivity contribution is -0.385. The predicted molar refractivity (Wildman–Crippen MR) is 81.2 cm³/mol. The van der Waals surface area contributed by atoms with E-state index in [9.17, 15) is 14.9 Å². The molecule has 2 rings (SSSR count). The summed E-state index contributed by atoms with van der Waals surface area (Å²) in [6.07, 6.45) is 0. The maximum Gasteiger partial charge on any atom is 0.338 e. The van der Waals surface area contributed by atoms with Crippen LogP contribution in [0.3, 0.4) is 0 Å². The Hall–Kier alpha value is -2.18. The number of pyridine rings is 1. The van der Waals surface area contributed by atoms with Gasteiger partial charge in [-0.3, -0.25) is 10.1 Å². The third-order valence-electron chi connectivity index (χ3n) is 2.85. The largest absolute Gasteiger partial charge is 0.456 e. The molecule has 0 saturated heterocycles. The Morgan fingerprint density at radius 3 is 2.68 bits per heavy atom. The van der Waals surface area contributed by atoms with Crippen molar-refractivity contribution >= 4 is 34.9 Å². The van der Waals surface area contributed by atoms with E-state index in [4.69, 9.17) is 27.9 Å². The van der Waals surface area contributed by atoms with Crippen LogP contribution in [-0.4, -0.2) is 15.9 Å². The molecule has 0 fully saturated rings. The molecule has 0 atom stereocenters. The number of aryl methyl sites for hydroxylation is 1. The van der Waals surface area contributed by atoms with Crippen LogP contribution in [0.1, 0.15) is 21.6 Å². The van der Waals surface area contributed by atoms with Gasteiger partial charge in [0.25, 0.3) is 5.69 Å². The number of aromatic nitrogens is 1. The summed E-state index contributed by atoms with van der Waals surface area (Å²) in [6.45, 7) is 1.40. The summed E-state index contributed by atoms with van der Waals surface area (Å²) in [4.78, 5) is 26.1. The van der Waals surface area contributed by atoms with Crippen molar-refractivity contribution in [3.05, 3.63) is 67.4 Å². The van der Waals surface area contributed by atoms with Gasteiger partial charge in [0.15, 0.2) is 0 Å². The average molecular weight is 341 g/mol. The van der Waals surface area contributed by atoms with Crippen LogP contribution in [0.15, 0.2) is 30.3 Å². The Balaban J connectivity index is 2.11. The predicted octanol–water partition coefficient (Wildman–Crippen LogP) is 3.96. The standard InChI is InChI=1S/C14H10Cl2N2O4/c1-8-6-9(2-4-12(8)18(20)21)14(19)22-7-11-10(15)3-5-13(16)17-11/h2-6H,7H2,1H3. The normalized spacial score (nSPS) is 10.3. The molecule has 0 unspecified atom stereocenters. The highest BCUT2D eigenvalue weighted by molar-refractivity contribution is 6.32. The van der Waals surface area contributed by atoms with Gasteiger partial charge in [-0.25, -0.2) is 9.78 Å². The molecule has 0 saturated carbocycles. The van der Waals surface area contributed by atoms with E-state index >= 15 is 0 Å². The number of benzene rings is 1. The van der Waals surface area contributed by atoms with Gasteiger partial charge in [-0.15, -0.1) is 0 Å². The molecule has 0 amide bonds. The second kappa shape index (κ2) is 6.72. The number of ether oxygens (including phenoxy) is 1. The zero-order valence-electron chi connectivity index (χ0n) is 11.4. The molecule has 0 aliphatic rings. The molecular weight excluding hydrogens is 331 g/mol. The SMILES string of the molecule is Cc1cc(C(=O)OCc2nc(Cl)ccc2Cl)ccc1[N+](=O)[O-]. The molecule has 1 aromatic carbocycles. The summed E-state index contributed by atoms with van der Waals surface area (Å²) in [5.41, 5.74) is 0.858. The quantitative estimate of drug-likeness (QED) is 0.364. The van der Waals surface area contributed by atoms with Gasteiger partial charge < -0.3 is 4.74 Å². The van der Waals surface area contributed by atoms with E-state index in [0.29, 0.717) is 16.3 Å². The van der Waals surface area contributed by atoms with Crippen LogP contribution in [0.2, 0.25) is 10.2 Å². The van der Waals surface area contributed by atoms with Crippen molar-refractivity contribution in [3.8, 4) is 0 Å². The lowest BCUT2D eigenvalue weighted by atomic mass is 10.1. The first kappa shape index (κ1) is 16.2. The molecule has 6 nitrogen and oxygen atoms in total. The van der Waals surface area contributed by atoms with Crippen LogP contribution in [0.5, 0.6) is 0 Å². The van der Waals surface area contributed by atoms with E-state index in [1.807, 2.05) is 0 Å². The number of rotatable bonds is 4. The van der Waals surface area contributed by atoms with E-state index < -0.39 is 10.9 Å². The molecule has 22 heavy (non-hydrogen) atoms.